The SMILES string of the molecule is COc1cc(CN)c(C)cc1C(C)(C)C. The summed E-state index contributed by atoms with van der Waals surface area (Å²) in [4.78, 5) is 0. The van der Waals surface area contributed by atoms with Gasteiger partial charge in [0, 0.05) is 6.54 Å². The number of rotatable bonds is 2. The molecule has 0 saturated heterocycles. The maximum Gasteiger partial charge on any atom is 0.122 e. The smallest absolute Gasteiger partial charge is 0.122 e. The fourth-order valence-electron chi connectivity index (χ4n) is 1.71. The Labute approximate surface area is 92.4 Å². The van der Waals surface area contributed by atoms with E-state index >= 15 is 0 Å². The number of nitrogens with two attached hydrogens (primary N) is 1. The number of aryl methyl sites for hydroxylation is 1. The Morgan fingerprint density at radius 3 is 2.27 bits per heavy atom. The van der Waals surface area contributed by atoms with E-state index in [-0.39, 0.29) is 5.41 Å². The molecule has 2 nitrogen and oxygen atoms in total. The van der Waals surface area contributed by atoms with E-state index in [1.54, 1.807) is 7.11 Å². The topological polar surface area (TPSA) is 35.2 Å². The first-order valence-corrected chi connectivity index (χ1v) is 5.28. The second-order valence-electron chi connectivity index (χ2n) is 4.93. The molecule has 2 N–H and O–H groups in total. The highest BCUT2D eigenvalue weighted by molar-refractivity contribution is 5.45. The van der Waals surface area contributed by atoms with E-state index in [0.717, 1.165) is 11.3 Å². The highest BCUT2D eigenvalue weighted by atomic mass is 16.5. The summed E-state index contributed by atoms with van der Waals surface area (Å²) < 4.78 is 5.41. The fraction of sp³-hybridized carbons (Fsp3) is 0.538. The molecule has 0 bridgehead atoms. The predicted octanol–water partition coefficient (Wildman–Crippen LogP) is 2.76. The van der Waals surface area contributed by atoms with Gasteiger partial charge in [0.25, 0.3) is 0 Å². The minimum atomic E-state index is 0.100. The van der Waals surface area contributed by atoms with Gasteiger partial charge in [0.1, 0.15) is 5.75 Å². The van der Waals surface area contributed by atoms with E-state index in [9.17, 15) is 0 Å². The summed E-state index contributed by atoms with van der Waals surface area (Å²) in [6.45, 7) is 9.22. The normalized spacial score (nSPS) is 11.6. The molecule has 0 fully saturated rings. The van der Waals surface area contributed by atoms with Gasteiger partial charge in [-0.2, -0.15) is 0 Å². The van der Waals surface area contributed by atoms with Crippen LogP contribution in [0.1, 0.15) is 37.5 Å². The average Bonchev–Trinajstić information content (AvgIpc) is 2.16. The molecule has 0 unspecified atom stereocenters. The van der Waals surface area contributed by atoms with Crippen LogP contribution in [0.3, 0.4) is 0 Å². The molecule has 0 aliphatic rings. The molecule has 1 rings (SSSR count). The molecule has 0 aliphatic heterocycles. The van der Waals surface area contributed by atoms with Gasteiger partial charge in [-0.1, -0.05) is 26.8 Å². The van der Waals surface area contributed by atoms with E-state index < -0.39 is 0 Å². The van der Waals surface area contributed by atoms with E-state index in [1.807, 2.05) is 0 Å². The molecule has 2 heteroatoms. The summed E-state index contributed by atoms with van der Waals surface area (Å²) in [5.41, 5.74) is 9.41. The van der Waals surface area contributed by atoms with Crippen LogP contribution in [0.5, 0.6) is 5.75 Å². The number of hydrogen-bond donors (Lipinski definition) is 1. The summed E-state index contributed by atoms with van der Waals surface area (Å²) in [5, 5.41) is 0. The summed E-state index contributed by atoms with van der Waals surface area (Å²) in [6.07, 6.45) is 0. The summed E-state index contributed by atoms with van der Waals surface area (Å²) in [5.74, 6) is 0.938. The number of ether oxygens (including phenoxy) is 1. The van der Waals surface area contributed by atoms with Gasteiger partial charge in [-0.05, 0) is 35.1 Å². The van der Waals surface area contributed by atoms with Gasteiger partial charge in [0.2, 0.25) is 0 Å². The maximum absolute atomic E-state index is 5.68. The lowest BCUT2D eigenvalue weighted by Gasteiger charge is -2.23. The third-order valence-electron chi connectivity index (χ3n) is 2.69. The van der Waals surface area contributed by atoms with Crippen LogP contribution in [-0.2, 0) is 12.0 Å². The quantitative estimate of drug-likeness (QED) is 0.809. The molecule has 0 atom stereocenters. The van der Waals surface area contributed by atoms with E-state index in [1.165, 1.54) is 11.1 Å². The molecular formula is C13H21NO. The number of hydrogen-bond acceptors (Lipinski definition) is 2. The Hall–Kier alpha value is -1.02. The van der Waals surface area contributed by atoms with Crippen molar-refractivity contribution in [2.75, 3.05) is 7.11 Å². The predicted molar refractivity (Wildman–Crippen MR) is 64.3 cm³/mol. The third kappa shape index (κ3) is 2.51. The fourth-order valence-corrected chi connectivity index (χ4v) is 1.71. The zero-order valence-corrected chi connectivity index (χ0v) is 10.3. The highest BCUT2D eigenvalue weighted by Crippen LogP contribution is 2.33. The average molecular weight is 207 g/mol. The molecule has 1 aromatic rings. The van der Waals surface area contributed by atoms with Crippen LogP contribution in [-0.4, -0.2) is 7.11 Å². The first kappa shape index (κ1) is 12.1. The molecular weight excluding hydrogens is 186 g/mol. The molecule has 0 aromatic heterocycles. The van der Waals surface area contributed by atoms with Crippen LogP contribution in [0.25, 0.3) is 0 Å². The Bertz CT molecular complexity index is 350. The van der Waals surface area contributed by atoms with Crippen molar-refractivity contribution in [1.29, 1.82) is 0 Å². The van der Waals surface area contributed by atoms with Crippen molar-refractivity contribution in [3.8, 4) is 5.75 Å². The highest BCUT2D eigenvalue weighted by Gasteiger charge is 2.19. The molecule has 0 aliphatic carbocycles. The Balaban J connectivity index is 3.34. The first-order valence-electron chi connectivity index (χ1n) is 5.28. The van der Waals surface area contributed by atoms with Gasteiger partial charge in [0.05, 0.1) is 7.11 Å². The molecule has 15 heavy (non-hydrogen) atoms. The van der Waals surface area contributed by atoms with Crippen molar-refractivity contribution in [3.05, 3.63) is 28.8 Å². The van der Waals surface area contributed by atoms with Crippen LogP contribution < -0.4 is 10.5 Å². The lowest BCUT2D eigenvalue weighted by molar-refractivity contribution is 0.397. The van der Waals surface area contributed by atoms with Crippen LogP contribution in [0.4, 0.5) is 0 Å². The van der Waals surface area contributed by atoms with Crippen molar-refractivity contribution in [2.45, 2.75) is 39.7 Å². The van der Waals surface area contributed by atoms with Crippen molar-refractivity contribution in [3.63, 3.8) is 0 Å². The molecule has 0 spiro atoms. The van der Waals surface area contributed by atoms with Gasteiger partial charge < -0.3 is 10.5 Å². The van der Waals surface area contributed by atoms with E-state index in [0.29, 0.717) is 6.54 Å². The Morgan fingerprint density at radius 2 is 1.87 bits per heavy atom. The number of benzene rings is 1. The van der Waals surface area contributed by atoms with Crippen molar-refractivity contribution >= 4 is 0 Å². The molecule has 0 amide bonds. The lowest BCUT2D eigenvalue weighted by Crippen LogP contribution is -2.14. The van der Waals surface area contributed by atoms with Crippen molar-refractivity contribution < 1.29 is 4.74 Å². The van der Waals surface area contributed by atoms with Crippen LogP contribution >= 0.6 is 0 Å². The summed E-state index contributed by atoms with van der Waals surface area (Å²) >= 11 is 0. The first-order chi connectivity index (χ1) is 6.90. The van der Waals surface area contributed by atoms with Gasteiger partial charge >= 0.3 is 0 Å². The zero-order valence-electron chi connectivity index (χ0n) is 10.3. The Morgan fingerprint density at radius 1 is 1.27 bits per heavy atom. The molecule has 84 valence electrons. The second-order valence-corrected chi connectivity index (χ2v) is 4.93. The van der Waals surface area contributed by atoms with E-state index in [2.05, 4.69) is 39.8 Å². The number of methoxy groups -OCH3 is 1. The molecule has 0 radical (unpaired) electrons. The summed E-state index contributed by atoms with van der Waals surface area (Å²) in [7, 11) is 1.71. The second kappa shape index (κ2) is 4.23. The van der Waals surface area contributed by atoms with E-state index in [4.69, 9.17) is 10.5 Å². The molecule has 0 heterocycles. The minimum Gasteiger partial charge on any atom is -0.496 e. The van der Waals surface area contributed by atoms with Crippen LogP contribution in [0.2, 0.25) is 0 Å². The third-order valence-corrected chi connectivity index (χ3v) is 2.69. The van der Waals surface area contributed by atoms with Crippen molar-refractivity contribution in [2.24, 2.45) is 5.73 Å². The van der Waals surface area contributed by atoms with Gasteiger partial charge in [-0.3, -0.25) is 0 Å². The minimum absolute atomic E-state index is 0.100. The lowest BCUT2D eigenvalue weighted by atomic mass is 9.84. The van der Waals surface area contributed by atoms with Gasteiger partial charge in [-0.25, -0.2) is 0 Å². The largest absolute Gasteiger partial charge is 0.496 e. The van der Waals surface area contributed by atoms with Crippen LogP contribution in [0, 0.1) is 6.92 Å². The molecule has 0 saturated carbocycles. The van der Waals surface area contributed by atoms with Crippen LogP contribution in [0.15, 0.2) is 12.1 Å². The van der Waals surface area contributed by atoms with Gasteiger partial charge in [0.15, 0.2) is 0 Å². The standard InChI is InChI=1S/C13H21NO/c1-9-6-11(13(2,3)4)12(15-5)7-10(9)8-14/h6-7H,8,14H2,1-5H3. The Kier molecular flexibility index (Phi) is 3.40. The maximum atomic E-state index is 5.68. The van der Waals surface area contributed by atoms with Gasteiger partial charge in [-0.15, -0.1) is 0 Å². The monoisotopic (exact) mass is 207 g/mol. The molecule has 1 aromatic carbocycles. The zero-order chi connectivity index (χ0) is 11.6. The van der Waals surface area contributed by atoms with Crippen molar-refractivity contribution in [1.82, 2.24) is 0 Å². The summed E-state index contributed by atoms with van der Waals surface area (Å²) in [6, 6.07) is 4.23.